The Hall–Kier alpha value is 0.708. The molecule has 0 rings (SSSR count). The van der Waals surface area contributed by atoms with Crippen molar-refractivity contribution in [2.24, 2.45) is 0 Å². The largest absolute Gasteiger partial charge is 1.00 e. The molecular weight excluding hydrogens is 142 g/mol. The Bertz CT molecular complexity index is 37.9. The molecule has 0 saturated carbocycles. The molecule has 36 valence electrons. The van der Waals surface area contributed by atoms with Gasteiger partial charge in [0.15, 0.2) is 0 Å². The van der Waals surface area contributed by atoms with Crippen molar-refractivity contribution in [2.75, 3.05) is 0 Å². The summed E-state index contributed by atoms with van der Waals surface area (Å²) in [6, 6.07) is 0. The smallest absolute Gasteiger partial charge is 1.00 e. The molecule has 0 fully saturated rings. The van der Waals surface area contributed by atoms with Crippen LogP contribution in [0.4, 0.5) is 0 Å². The van der Waals surface area contributed by atoms with E-state index in [-0.39, 0.29) is 36.8 Å². The summed E-state index contributed by atoms with van der Waals surface area (Å²) in [5.41, 5.74) is 0. The molecule has 6 heteroatoms. The maximum Gasteiger partial charge on any atom is 1.00 e. The predicted octanol–water partition coefficient (Wildman–Crippen LogP) is -4.50. The third-order valence-electron chi connectivity index (χ3n) is 0. The van der Waals surface area contributed by atoms with Crippen LogP contribution in [0.5, 0.6) is 0 Å². The molecule has 0 aromatic rings. The second-order valence-corrected chi connectivity index (χ2v) is 0.848. The van der Waals surface area contributed by atoms with E-state index in [9.17, 15) is 0 Å². The zero-order chi connectivity index (χ0) is 3.58. The van der Waals surface area contributed by atoms with Crippen LogP contribution >= 0.6 is 0 Å². The Kier molecular flexibility index (Phi) is 24.4. The Morgan fingerprint density at radius 3 is 1.50 bits per heavy atom. The molecule has 3 nitrogen and oxygen atoms in total. The molecule has 0 heterocycles. The molecule has 0 bridgehead atoms. The summed E-state index contributed by atoms with van der Waals surface area (Å²) in [7, 11) is -3.13. The van der Waals surface area contributed by atoms with Gasteiger partial charge in [0.1, 0.15) is 0 Å². The second kappa shape index (κ2) is 9.20. The van der Waals surface area contributed by atoms with Crippen LogP contribution in [-0.4, -0.2) is 18.8 Å². The van der Waals surface area contributed by atoms with E-state index in [1.54, 1.807) is 0 Å². The summed E-state index contributed by atoms with van der Waals surface area (Å²) >= 11 is 0. The number of hydrogen-bond donors (Lipinski definition) is 2. The maximum absolute atomic E-state index is 8.74. The van der Waals surface area contributed by atoms with Gasteiger partial charge in [0.25, 0.3) is 0 Å². The van der Waals surface area contributed by atoms with E-state index in [1.807, 2.05) is 0 Å². The van der Waals surface area contributed by atoms with E-state index < -0.39 is 9.17 Å². The maximum atomic E-state index is 8.74. The molecule has 0 aliphatic rings. The minimum Gasteiger partial charge on any atom is -1.00 e. The summed E-state index contributed by atoms with van der Waals surface area (Å²) in [6.45, 7) is 0. The molecule has 6 heavy (non-hydrogen) atoms. The minimum absolute atomic E-state index is 0. The number of rotatable bonds is 0. The summed E-state index contributed by atoms with van der Waals surface area (Å²) in [5.74, 6) is 0. The summed E-state index contributed by atoms with van der Waals surface area (Å²) in [4.78, 5) is 14.3. The van der Waals surface area contributed by atoms with E-state index >= 15 is 0 Å². The Morgan fingerprint density at radius 1 is 1.50 bits per heavy atom. The molecule has 0 aliphatic carbocycles. The first-order chi connectivity index (χ1) is 1.73. The zero-order valence-electron chi connectivity index (χ0n) is 4.12. The fourth-order valence-corrected chi connectivity index (χ4v) is 0. The quantitative estimate of drug-likeness (QED) is 0.337. The second-order valence-electron chi connectivity index (χ2n) is 0.283. The molecule has 0 amide bonds. The van der Waals surface area contributed by atoms with Gasteiger partial charge in [0.05, 0.1) is 0 Å². The summed E-state index contributed by atoms with van der Waals surface area (Å²) in [5, 5.41) is 0. The van der Waals surface area contributed by atoms with Gasteiger partial charge in [-0.2, -0.15) is 0 Å². The molecule has 0 radical (unpaired) electrons. The van der Waals surface area contributed by atoms with E-state index in [4.69, 9.17) is 14.1 Å². The molecule has 0 aliphatic heterocycles. The van der Waals surface area contributed by atoms with Crippen LogP contribution in [-0.2, 0) is 21.0 Å². The van der Waals surface area contributed by atoms with Crippen molar-refractivity contribution in [3.05, 3.63) is 0 Å². The Morgan fingerprint density at radius 2 is 1.50 bits per heavy atom. The van der Waals surface area contributed by atoms with Gasteiger partial charge >= 0.3 is 28.0 Å². The Labute approximate surface area is 60.2 Å². The molecule has 0 aromatic heterocycles. The first-order valence-electron chi connectivity index (χ1n) is 0.651. The standard InChI is InChI=1S/Li.Ni.H2O3Si.H/c;;1-4(2)3;/h;;1-2H;/q+1;;;-1. The van der Waals surface area contributed by atoms with Crippen molar-refractivity contribution in [2.45, 2.75) is 0 Å². The molecular formula is H3LiNiO3Si. The van der Waals surface area contributed by atoms with Gasteiger partial charge in [0.2, 0.25) is 0 Å². The van der Waals surface area contributed by atoms with E-state index in [1.165, 1.54) is 0 Å². The van der Waals surface area contributed by atoms with Gasteiger partial charge in [-0.25, -0.2) is 0 Å². The first-order valence-corrected chi connectivity index (χ1v) is 1.95. The van der Waals surface area contributed by atoms with Crippen molar-refractivity contribution in [1.29, 1.82) is 0 Å². The van der Waals surface area contributed by atoms with Crippen LogP contribution < -0.4 is 18.9 Å². The van der Waals surface area contributed by atoms with Crippen LogP contribution in [0, 0.1) is 0 Å². The zero-order valence-corrected chi connectivity index (χ0v) is 5.11. The number of hydrogen-bond acceptors (Lipinski definition) is 1. The fourth-order valence-electron chi connectivity index (χ4n) is 0. The molecule has 0 atom stereocenters. The summed E-state index contributed by atoms with van der Waals surface area (Å²) in [6.07, 6.45) is 0. The van der Waals surface area contributed by atoms with E-state index in [0.717, 1.165) is 0 Å². The summed E-state index contributed by atoms with van der Waals surface area (Å²) < 4.78 is 8.74. The average molecular weight is 145 g/mol. The topological polar surface area (TPSA) is 57.5 Å². The van der Waals surface area contributed by atoms with Crippen LogP contribution in [0.15, 0.2) is 0 Å². The van der Waals surface area contributed by atoms with Gasteiger partial charge < -0.3 is 11.0 Å². The van der Waals surface area contributed by atoms with Crippen LogP contribution in [0.2, 0.25) is 0 Å². The van der Waals surface area contributed by atoms with Gasteiger partial charge in [-0.1, -0.05) is 0 Å². The van der Waals surface area contributed by atoms with Crippen LogP contribution in [0.3, 0.4) is 0 Å². The molecule has 0 spiro atoms. The van der Waals surface area contributed by atoms with Crippen molar-refractivity contribution in [3.63, 3.8) is 0 Å². The average Bonchev–Trinajstić information content (AvgIpc) is 0.811. The van der Waals surface area contributed by atoms with Crippen molar-refractivity contribution >= 4 is 9.17 Å². The van der Waals surface area contributed by atoms with Crippen molar-refractivity contribution in [1.82, 2.24) is 0 Å². The van der Waals surface area contributed by atoms with Crippen molar-refractivity contribution < 1.29 is 50.8 Å². The predicted molar refractivity (Wildman–Crippen MR) is 12.0 cm³/mol. The molecule has 0 saturated heterocycles. The SMILES string of the molecule is O=[Si](O)O.[H-].[Li+].[Ni]. The third kappa shape index (κ3) is 129. The van der Waals surface area contributed by atoms with Gasteiger partial charge in [0, 0.05) is 16.5 Å². The molecule has 0 aromatic carbocycles. The first kappa shape index (κ1) is 15.9. The third-order valence-corrected chi connectivity index (χ3v) is 0. The van der Waals surface area contributed by atoms with Crippen molar-refractivity contribution in [3.8, 4) is 0 Å². The molecule has 0 unspecified atom stereocenters. The van der Waals surface area contributed by atoms with Crippen LogP contribution in [0.25, 0.3) is 0 Å². The normalized spacial score (nSPS) is 4.00. The van der Waals surface area contributed by atoms with E-state index in [2.05, 4.69) is 0 Å². The fraction of sp³-hybridized carbons (Fsp3) is 0. The molecule has 2 N–H and O–H groups in total. The van der Waals surface area contributed by atoms with Gasteiger partial charge in [-0.3, -0.25) is 4.46 Å². The van der Waals surface area contributed by atoms with Crippen LogP contribution in [0.1, 0.15) is 1.43 Å². The van der Waals surface area contributed by atoms with Gasteiger partial charge in [-0.15, -0.1) is 0 Å². The van der Waals surface area contributed by atoms with Gasteiger partial charge in [-0.05, 0) is 0 Å². The van der Waals surface area contributed by atoms with E-state index in [0.29, 0.717) is 0 Å². The monoisotopic (exact) mass is 144 g/mol. The Balaban J connectivity index is -0.0000000150. The minimum atomic E-state index is -3.13.